The van der Waals surface area contributed by atoms with Crippen LogP contribution in [0.15, 0.2) is 255 Å². The number of hydrogen-bond acceptors (Lipinski definition) is 2. The molecule has 0 fully saturated rings. The first-order chi connectivity index (χ1) is 44.5. The molecule has 0 bridgehead atoms. The van der Waals surface area contributed by atoms with Crippen molar-refractivity contribution in [3.8, 4) is 50.9 Å². The number of fused-ring (bicyclic) bond motifs is 15. The SMILES string of the molecule is [2H]c1c([2H])c([2H])c(-c2cccc(-c3c([2H])c([2H])c([2H])c([2H])c3[2H])c2-[n+]2[c-]n(-c3[c-]c(Oc4[c-]c5c(c6ccccc6n5-c5cc(C(C)(C)C)ccn5)c5c4c4cccc6c7ccccc7c7ccccc7c7ccccc7n5c64)ccc3)c3ccccc32)c([2H])c1[2H].[Pt]. The van der Waals surface area contributed by atoms with Gasteiger partial charge in [-0.15, -0.1) is 18.2 Å². The predicted molar refractivity (Wildman–Crippen MR) is 337 cm³/mol. The van der Waals surface area contributed by atoms with Crippen LogP contribution in [0.25, 0.3) is 132 Å². The topological polar surface area (TPSA) is 40.3 Å². The van der Waals surface area contributed by atoms with E-state index in [1.54, 1.807) is 27.3 Å². The number of nitrogens with zero attached hydrogens (tertiary/aromatic N) is 5. The Morgan fingerprint density at radius 1 is 0.506 bits per heavy atom. The van der Waals surface area contributed by atoms with E-state index in [0.29, 0.717) is 28.2 Å². The first-order valence-corrected chi connectivity index (χ1v) is 27.1. The van der Waals surface area contributed by atoms with E-state index in [2.05, 4.69) is 176 Å². The van der Waals surface area contributed by atoms with Crippen molar-refractivity contribution in [1.29, 1.82) is 0 Å². The van der Waals surface area contributed by atoms with Crippen LogP contribution < -0.4 is 9.30 Å². The monoisotopic (exact) mass is 1250 g/mol. The third kappa shape index (κ3) is 7.96. The average Bonchev–Trinajstić information content (AvgIpc) is 1.54. The maximum atomic E-state index is 9.22. The van der Waals surface area contributed by atoms with Gasteiger partial charge in [-0.1, -0.05) is 243 Å². The van der Waals surface area contributed by atoms with E-state index < -0.39 is 60.4 Å². The summed E-state index contributed by atoms with van der Waals surface area (Å²) in [5, 5.41) is 10.1. The van der Waals surface area contributed by atoms with Crippen LogP contribution in [0.1, 0.15) is 40.0 Å². The van der Waals surface area contributed by atoms with Gasteiger partial charge in [0.1, 0.15) is 5.82 Å². The van der Waals surface area contributed by atoms with Gasteiger partial charge in [-0.2, -0.15) is 12.1 Å². The van der Waals surface area contributed by atoms with E-state index in [-0.39, 0.29) is 54.4 Å². The van der Waals surface area contributed by atoms with Crippen molar-refractivity contribution in [2.75, 3.05) is 0 Å². The average molecular weight is 1260 g/mol. The fraction of sp³-hybridized carbons (Fsp3) is 0.0526. The van der Waals surface area contributed by atoms with E-state index in [4.69, 9.17) is 17.9 Å². The molecule has 0 spiro atoms. The number of para-hydroxylation sites is 6. The van der Waals surface area contributed by atoms with Gasteiger partial charge in [0.25, 0.3) is 6.33 Å². The van der Waals surface area contributed by atoms with Crippen molar-refractivity contribution >= 4 is 92.5 Å². The van der Waals surface area contributed by atoms with Crippen LogP contribution in [0.5, 0.6) is 11.5 Å². The minimum absolute atomic E-state index is 0. The minimum Gasteiger partial charge on any atom is -0.509 e. The van der Waals surface area contributed by atoms with Gasteiger partial charge in [0.05, 0.1) is 35.9 Å². The summed E-state index contributed by atoms with van der Waals surface area (Å²) >= 11 is 0. The van der Waals surface area contributed by atoms with Gasteiger partial charge in [0, 0.05) is 60.6 Å². The summed E-state index contributed by atoms with van der Waals surface area (Å²) in [5.41, 5.74) is 7.11. The molecule has 0 atom stereocenters. The number of pyridine rings is 1. The molecule has 0 saturated carbocycles. The van der Waals surface area contributed by atoms with Crippen molar-refractivity contribution < 1.29 is 44.1 Å². The second kappa shape index (κ2) is 19.7. The van der Waals surface area contributed by atoms with Crippen LogP contribution in [-0.4, -0.2) is 18.5 Å². The number of ether oxygens (including phenoxy) is 1. The summed E-state index contributed by atoms with van der Waals surface area (Å²) in [4.78, 5) is 5.10. The zero-order valence-electron chi connectivity index (χ0n) is 54.9. The molecule has 0 radical (unpaired) electrons. The Labute approximate surface area is 508 Å². The van der Waals surface area contributed by atoms with Gasteiger partial charge in [0.2, 0.25) is 0 Å². The molecule has 5 aromatic heterocycles. The molecular weight excluding hydrogens is 1190 g/mol. The molecule has 0 unspecified atom stereocenters. The molecule has 6 nitrogen and oxygen atoms in total. The fourth-order valence-electron chi connectivity index (χ4n) is 12.3. The van der Waals surface area contributed by atoms with Crippen molar-refractivity contribution in [3.63, 3.8) is 0 Å². The molecule has 16 rings (SSSR count). The van der Waals surface area contributed by atoms with Crippen molar-refractivity contribution in [2.24, 2.45) is 0 Å². The summed E-state index contributed by atoms with van der Waals surface area (Å²) in [5.74, 6) is 1.47. The maximum absolute atomic E-state index is 9.22. The smallest absolute Gasteiger partial charge is 0.268 e. The molecule has 0 N–H and O–H groups in total. The number of hydrogen-bond donors (Lipinski definition) is 0. The Bertz CT molecular complexity index is 5800. The molecule has 7 heteroatoms. The maximum Gasteiger partial charge on any atom is 0.268 e. The molecule has 0 saturated heterocycles. The first-order valence-electron chi connectivity index (χ1n) is 32.1. The van der Waals surface area contributed by atoms with Crippen molar-refractivity contribution in [1.82, 2.24) is 18.5 Å². The number of aromatic nitrogens is 5. The van der Waals surface area contributed by atoms with Gasteiger partial charge < -0.3 is 18.3 Å². The summed E-state index contributed by atoms with van der Waals surface area (Å²) < 4.78 is 104. The summed E-state index contributed by atoms with van der Waals surface area (Å²) in [6.45, 7) is 6.58. The Morgan fingerprint density at radius 3 is 1.75 bits per heavy atom. The molecule has 5 heterocycles. The standard InChI is InChI=1S/C76H51N5O.Pt/c1-76(2,3)51-43-44-77-70(45-51)80-65-40-17-15-34-62(65)71-68(80)47-69(72-63-38-22-37-61-59-32-13-11-30-57(59)56-29-10-12-31-58(56)60-33-14-16-39-64(60)81(74(61)63)75(71)72)82-53-28-20-27-52(46-53)78-48-79(67-42-19-18-41-66(67)78)73-54(49-23-6-4-7-24-49)35-21-36-55(73)50-25-8-5-9-26-50;/h4-45H,1-3H3;/q-2;/i4D,5D,6D,7D,8D,9D,23D,24D,25D,26D;. The third-order valence-corrected chi connectivity index (χ3v) is 15.8. The van der Waals surface area contributed by atoms with Gasteiger partial charge in [-0.25, -0.2) is 4.98 Å². The predicted octanol–water partition coefficient (Wildman–Crippen LogP) is 18.8. The summed E-state index contributed by atoms with van der Waals surface area (Å²) in [6.07, 6.45) is 5.38. The fourth-order valence-corrected chi connectivity index (χ4v) is 12.3. The number of rotatable bonds is 7. The van der Waals surface area contributed by atoms with E-state index >= 15 is 0 Å². The molecule has 83 heavy (non-hydrogen) atoms. The van der Waals surface area contributed by atoms with E-state index in [1.807, 2.05) is 48.7 Å². The molecular formula is C76H51N5OPt-2. The molecule has 0 aliphatic heterocycles. The van der Waals surface area contributed by atoms with Crippen LogP contribution >= 0.6 is 0 Å². The van der Waals surface area contributed by atoms with Gasteiger partial charge in [0.15, 0.2) is 0 Å². The van der Waals surface area contributed by atoms with E-state index in [1.165, 1.54) is 0 Å². The van der Waals surface area contributed by atoms with E-state index in [9.17, 15) is 5.48 Å². The molecule has 0 aliphatic rings. The van der Waals surface area contributed by atoms with Gasteiger partial charge >= 0.3 is 0 Å². The zero-order chi connectivity index (χ0) is 63.3. The van der Waals surface area contributed by atoms with Crippen LogP contribution in [-0.2, 0) is 26.5 Å². The molecule has 16 aromatic rings. The third-order valence-electron chi connectivity index (χ3n) is 15.8. The molecule has 11 aromatic carbocycles. The zero-order valence-corrected chi connectivity index (χ0v) is 47.2. The largest absolute Gasteiger partial charge is 0.509 e. The van der Waals surface area contributed by atoms with Crippen molar-refractivity contribution in [3.05, 3.63) is 279 Å². The minimum atomic E-state index is -0.582. The first kappa shape index (κ1) is 40.3. The Morgan fingerprint density at radius 2 is 1.06 bits per heavy atom. The van der Waals surface area contributed by atoms with Crippen molar-refractivity contribution in [2.45, 2.75) is 26.2 Å². The quantitative estimate of drug-likeness (QED) is 0.118. The molecule has 0 amide bonds. The van der Waals surface area contributed by atoms with Gasteiger partial charge in [-0.05, 0) is 101 Å². The van der Waals surface area contributed by atoms with Crippen LogP contribution in [0.4, 0.5) is 0 Å². The van der Waals surface area contributed by atoms with Crippen LogP contribution in [0.3, 0.4) is 0 Å². The van der Waals surface area contributed by atoms with Crippen LogP contribution in [0.2, 0.25) is 0 Å². The summed E-state index contributed by atoms with van der Waals surface area (Å²) in [6, 6.07) is 64.8. The Kier molecular flexibility index (Phi) is 9.57. The summed E-state index contributed by atoms with van der Waals surface area (Å²) in [7, 11) is 0. The normalized spacial score (nSPS) is 13.6. The van der Waals surface area contributed by atoms with Gasteiger partial charge in [-0.3, -0.25) is 4.57 Å². The number of imidazole rings is 1. The van der Waals surface area contributed by atoms with E-state index in [0.717, 1.165) is 92.8 Å². The Balaban J connectivity index is 0.00000716. The molecule has 398 valence electrons. The second-order valence-electron chi connectivity index (χ2n) is 21.5. The Hall–Kier alpha value is -9.87. The number of benzene rings is 11. The second-order valence-corrected chi connectivity index (χ2v) is 21.5. The van der Waals surface area contributed by atoms with Crippen LogP contribution in [0, 0.1) is 18.5 Å². The molecule has 0 aliphatic carbocycles.